The van der Waals surface area contributed by atoms with Gasteiger partial charge >= 0.3 is 0 Å². The molecule has 0 atom stereocenters. The van der Waals surface area contributed by atoms with Crippen molar-refractivity contribution in [2.45, 2.75) is 20.1 Å². The lowest BCUT2D eigenvalue weighted by Crippen LogP contribution is -2.05. The molecule has 0 aliphatic rings. The van der Waals surface area contributed by atoms with Crippen molar-refractivity contribution in [2.75, 3.05) is 19.0 Å². The molecule has 1 aromatic carbocycles. The SMILES string of the molecule is CCOCc1ccc(Nc2cc(COC)nc3ncnn23)cc1. The Balaban J connectivity index is 1.84. The van der Waals surface area contributed by atoms with Crippen LogP contribution in [0.5, 0.6) is 0 Å². The lowest BCUT2D eigenvalue weighted by Gasteiger charge is -2.10. The number of fused-ring (bicyclic) bond motifs is 1. The van der Waals surface area contributed by atoms with Crippen molar-refractivity contribution in [3.05, 3.63) is 47.9 Å². The van der Waals surface area contributed by atoms with Crippen molar-refractivity contribution < 1.29 is 9.47 Å². The van der Waals surface area contributed by atoms with Gasteiger partial charge in [0.1, 0.15) is 12.1 Å². The zero-order chi connectivity index (χ0) is 16.1. The maximum atomic E-state index is 5.40. The van der Waals surface area contributed by atoms with Gasteiger partial charge in [-0.05, 0) is 24.6 Å². The summed E-state index contributed by atoms with van der Waals surface area (Å²) in [6.07, 6.45) is 1.48. The maximum Gasteiger partial charge on any atom is 0.254 e. The largest absolute Gasteiger partial charge is 0.378 e. The van der Waals surface area contributed by atoms with Crippen LogP contribution >= 0.6 is 0 Å². The molecule has 7 nitrogen and oxygen atoms in total. The molecule has 3 rings (SSSR count). The van der Waals surface area contributed by atoms with Gasteiger partial charge in [-0.25, -0.2) is 4.98 Å². The third kappa shape index (κ3) is 3.64. The van der Waals surface area contributed by atoms with E-state index < -0.39 is 0 Å². The number of methoxy groups -OCH3 is 1. The number of benzene rings is 1. The molecular formula is C16H19N5O2. The van der Waals surface area contributed by atoms with Gasteiger partial charge in [-0.2, -0.15) is 14.6 Å². The van der Waals surface area contributed by atoms with E-state index in [1.165, 1.54) is 6.33 Å². The van der Waals surface area contributed by atoms with Crippen molar-refractivity contribution in [1.82, 2.24) is 19.6 Å². The van der Waals surface area contributed by atoms with E-state index in [1.807, 2.05) is 37.3 Å². The molecule has 120 valence electrons. The second kappa shape index (κ2) is 7.17. The molecule has 0 aliphatic heterocycles. The average molecular weight is 313 g/mol. The van der Waals surface area contributed by atoms with E-state index in [1.54, 1.807) is 11.6 Å². The molecular weight excluding hydrogens is 294 g/mol. The van der Waals surface area contributed by atoms with Gasteiger partial charge in [0.15, 0.2) is 0 Å². The summed E-state index contributed by atoms with van der Waals surface area (Å²) in [5.41, 5.74) is 2.89. The molecule has 1 N–H and O–H groups in total. The number of nitrogens with zero attached hydrogens (tertiary/aromatic N) is 4. The van der Waals surface area contributed by atoms with Gasteiger partial charge in [-0.1, -0.05) is 12.1 Å². The predicted octanol–water partition coefficient (Wildman–Crippen LogP) is 2.55. The fourth-order valence-electron chi connectivity index (χ4n) is 2.22. The summed E-state index contributed by atoms with van der Waals surface area (Å²) in [7, 11) is 1.64. The van der Waals surface area contributed by atoms with Gasteiger partial charge < -0.3 is 14.8 Å². The zero-order valence-electron chi connectivity index (χ0n) is 13.2. The summed E-state index contributed by atoms with van der Waals surface area (Å²) in [4.78, 5) is 8.52. The van der Waals surface area contributed by atoms with Crippen LogP contribution in [0.3, 0.4) is 0 Å². The van der Waals surface area contributed by atoms with Gasteiger partial charge in [0.05, 0.1) is 18.9 Å². The molecule has 23 heavy (non-hydrogen) atoms. The summed E-state index contributed by atoms with van der Waals surface area (Å²) < 4.78 is 12.2. The first-order valence-electron chi connectivity index (χ1n) is 7.42. The van der Waals surface area contributed by atoms with Gasteiger partial charge in [0, 0.05) is 25.5 Å². The van der Waals surface area contributed by atoms with Crippen LogP contribution in [0, 0.1) is 0 Å². The molecule has 0 spiro atoms. The summed E-state index contributed by atoms with van der Waals surface area (Å²) in [6.45, 7) is 3.74. The molecule has 0 saturated heterocycles. The van der Waals surface area contributed by atoms with Crippen LogP contribution in [-0.4, -0.2) is 33.3 Å². The van der Waals surface area contributed by atoms with Gasteiger partial charge in [-0.3, -0.25) is 0 Å². The van der Waals surface area contributed by atoms with E-state index in [9.17, 15) is 0 Å². The Morgan fingerprint density at radius 1 is 1.17 bits per heavy atom. The monoisotopic (exact) mass is 313 g/mol. The fraction of sp³-hybridized carbons (Fsp3) is 0.312. The highest BCUT2D eigenvalue weighted by atomic mass is 16.5. The fourth-order valence-corrected chi connectivity index (χ4v) is 2.22. The molecule has 0 amide bonds. The van der Waals surface area contributed by atoms with E-state index in [-0.39, 0.29) is 0 Å². The van der Waals surface area contributed by atoms with Crippen LogP contribution in [0.4, 0.5) is 11.5 Å². The Labute approximate surface area is 134 Å². The Morgan fingerprint density at radius 3 is 2.74 bits per heavy atom. The molecule has 0 unspecified atom stereocenters. The lowest BCUT2D eigenvalue weighted by molar-refractivity contribution is 0.134. The minimum absolute atomic E-state index is 0.422. The Morgan fingerprint density at radius 2 is 2.00 bits per heavy atom. The molecule has 0 radical (unpaired) electrons. The first-order valence-corrected chi connectivity index (χ1v) is 7.42. The number of anilines is 2. The molecule has 2 heterocycles. The lowest BCUT2D eigenvalue weighted by atomic mass is 10.2. The average Bonchev–Trinajstić information content (AvgIpc) is 3.03. The summed E-state index contributed by atoms with van der Waals surface area (Å²) >= 11 is 0. The first kappa shape index (κ1) is 15.4. The van der Waals surface area contributed by atoms with Crippen LogP contribution < -0.4 is 5.32 Å². The molecule has 0 fully saturated rings. The van der Waals surface area contributed by atoms with E-state index in [2.05, 4.69) is 20.4 Å². The first-order chi connectivity index (χ1) is 11.3. The minimum atomic E-state index is 0.422. The summed E-state index contributed by atoms with van der Waals surface area (Å²) in [6, 6.07) is 9.99. The highest BCUT2D eigenvalue weighted by Gasteiger charge is 2.08. The van der Waals surface area contributed by atoms with Gasteiger partial charge in [0.25, 0.3) is 5.78 Å². The molecule has 0 bridgehead atoms. The summed E-state index contributed by atoms with van der Waals surface area (Å²) in [5.74, 6) is 1.33. The van der Waals surface area contributed by atoms with Crippen molar-refractivity contribution >= 4 is 17.3 Å². The zero-order valence-corrected chi connectivity index (χ0v) is 13.2. The van der Waals surface area contributed by atoms with Crippen molar-refractivity contribution in [1.29, 1.82) is 0 Å². The molecule has 7 heteroatoms. The maximum absolute atomic E-state index is 5.40. The van der Waals surface area contributed by atoms with E-state index >= 15 is 0 Å². The number of aromatic nitrogens is 4. The van der Waals surface area contributed by atoms with Crippen LogP contribution in [0.2, 0.25) is 0 Å². The third-order valence-corrected chi connectivity index (χ3v) is 3.30. The number of hydrogen-bond donors (Lipinski definition) is 1. The quantitative estimate of drug-likeness (QED) is 0.722. The minimum Gasteiger partial charge on any atom is -0.378 e. The Kier molecular flexibility index (Phi) is 4.80. The number of ether oxygens (including phenoxy) is 2. The molecule has 0 saturated carbocycles. The second-order valence-corrected chi connectivity index (χ2v) is 5.00. The third-order valence-electron chi connectivity index (χ3n) is 3.30. The van der Waals surface area contributed by atoms with Crippen molar-refractivity contribution in [2.24, 2.45) is 0 Å². The van der Waals surface area contributed by atoms with E-state index in [4.69, 9.17) is 9.47 Å². The predicted molar refractivity (Wildman–Crippen MR) is 86.5 cm³/mol. The highest BCUT2D eigenvalue weighted by molar-refractivity contribution is 5.59. The topological polar surface area (TPSA) is 73.6 Å². The molecule has 2 aromatic heterocycles. The summed E-state index contributed by atoms with van der Waals surface area (Å²) in [5, 5.41) is 7.53. The second-order valence-electron chi connectivity index (χ2n) is 5.00. The van der Waals surface area contributed by atoms with E-state index in [0.29, 0.717) is 25.6 Å². The van der Waals surface area contributed by atoms with Crippen LogP contribution in [0.25, 0.3) is 5.78 Å². The highest BCUT2D eigenvalue weighted by Crippen LogP contribution is 2.19. The van der Waals surface area contributed by atoms with Crippen LogP contribution in [-0.2, 0) is 22.7 Å². The number of nitrogens with one attached hydrogen (secondary N) is 1. The Hall–Kier alpha value is -2.51. The van der Waals surface area contributed by atoms with Crippen molar-refractivity contribution in [3.63, 3.8) is 0 Å². The molecule has 0 aliphatic carbocycles. The Bertz CT molecular complexity index is 770. The van der Waals surface area contributed by atoms with Gasteiger partial charge in [0.2, 0.25) is 0 Å². The number of rotatable bonds is 7. The molecule has 3 aromatic rings. The smallest absolute Gasteiger partial charge is 0.254 e. The van der Waals surface area contributed by atoms with Crippen molar-refractivity contribution in [3.8, 4) is 0 Å². The van der Waals surface area contributed by atoms with Crippen LogP contribution in [0.15, 0.2) is 36.7 Å². The standard InChI is InChI=1S/C16H19N5O2/c1-3-23-9-12-4-6-13(7-5-12)19-15-8-14(10-22-2)20-16-17-11-18-21(15)16/h4-8,11,19H,3,9-10H2,1-2H3. The normalized spacial score (nSPS) is 11.0. The van der Waals surface area contributed by atoms with E-state index in [0.717, 1.165) is 22.8 Å². The number of hydrogen-bond acceptors (Lipinski definition) is 6. The van der Waals surface area contributed by atoms with Gasteiger partial charge in [-0.15, -0.1) is 0 Å². The van der Waals surface area contributed by atoms with Crippen LogP contribution in [0.1, 0.15) is 18.2 Å².